The topological polar surface area (TPSA) is 172 Å². The Bertz CT molecular complexity index is 2400. The first-order chi connectivity index (χ1) is 33.7. The summed E-state index contributed by atoms with van der Waals surface area (Å²) in [4.78, 5) is 33.6. The Morgan fingerprint density at radius 2 is 1.59 bits per heavy atom. The molecule has 0 saturated heterocycles. The van der Waals surface area contributed by atoms with Gasteiger partial charge in [0.1, 0.15) is 43.2 Å². The lowest BCUT2D eigenvalue weighted by molar-refractivity contribution is -0.384. The molecular formula is C54H62FN3O11. The van der Waals surface area contributed by atoms with Gasteiger partial charge >= 0.3 is 6.09 Å². The van der Waals surface area contributed by atoms with E-state index in [1.807, 2.05) is 48.5 Å². The molecule has 3 aliphatic rings. The van der Waals surface area contributed by atoms with Crippen molar-refractivity contribution in [3.63, 3.8) is 0 Å². The maximum atomic E-state index is 14.9. The number of aliphatic hydroxyl groups is 2. The van der Waals surface area contributed by atoms with Crippen LogP contribution in [-0.2, 0) is 38.8 Å². The molecule has 1 aliphatic heterocycles. The first-order valence-electron chi connectivity index (χ1n) is 23.7. The Morgan fingerprint density at radius 1 is 0.884 bits per heavy atom. The second kappa shape index (κ2) is 24.8. The quantitative estimate of drug-likeness (QED) is 0.0266. The van der Waals surface area contributed by atoms with Crippen molar-refractivity contribution >= 4 is 17.5 Å². The second-order valence-corrected chi connectivity index (χ2v) is 17.5. The molecule has 366 valence electrons. The first-order valence-corrected chi connectivity index (χ1v) is 23.7. The molecule has 0 radical (unpaired) electrons. The number of fused-ring (bicyclic) bond motifs is 2. The molecule has 1 saturated carbocycles. The summed E-state index contributed by atoms with van der Waals surface area (Å²) in [5.41, 5.74) is 4.41. The van der Waals surface area contributed by atoms with E-state index in [2.05, 4.69) is 19.2 Å². The summed E-state index contributed by atoms with van der Waals surface area (Å²) in [5, 5.41) is 36.2. The number of hydrogen-bond donors (Lipinski definition) is 2. The number of aliphatic hydroxyl groups excluding tert-OH is 2. The minimum Gasteiger partial charge on any atom is -0.490 e. The van der Waals surface area contributed by atoms with Crippen molar-refractivity contribution in [1.29, 1.82) is 0 Å². The summed E-state index contributed by atoms with van der Waals surface area (Å²) in [5.74, 6) is -1.93. The Labute approximate surface area is 402 Å². The lowest BCUT2D eigenvalue weighted by Gasteiger charge is -2.59. The lowest BCUT2D eigenvalue weighted by atomic mass is 9.55. The molecule has 1 heterocycles. The number of unbranched alkanes of at least 4 members (excludes halogenated alkanes) is 2. The highest BCUT2D eigenvalue weighted by atomic mass is 19.1. The summed E-state index contributed by atoms with van der Waals surface area (Å²) in [7, 11) is 0. The fourth-order valence-corrected chi connectivity index (χ4v) is 9.92. The van der Waals surface area contributed by atoms with Gasteiger partial charge in [0.2, 0.25) is 5.79 Å². The van der Waals surface area contributed by atoms with Gasteiger partial charge in [0.15, 0.2) is 0 Å². The van der Waals surface area contributed by atoms with Gasteiger partial charge in [-0.2, -0.15) is 0 Å². The van der Waals surface area contributed by atoms with Crippen LogP contribution < -0.4 is 9.47 Å². The van der Waals surface area contributed by atoms with Crippen molar-refractivity contribution in [3.8, 4) is 11.5 Å². The van der Waals surface area contributed by atoms with Crippen LogP contribution in [0.25, 0.3) is 0 Å². The maximum Gasteiger partial charge on any atom is 0.410 e. The van der Waals surface area contributed by atoms with Gasteiger partial charge in [-0.15, -0.1) is 6.58 Å². The van der Waals surface area contributed by atoms with E-state index in [1.165, 1.54) is 24.3 Å². The van der Waals surface area contributed by atoms with E-state index in [9.17, 15) is 29.5 Å². The highest BCUT2D eigenvalue weighted by Crippen LogP contribution is 2.62. The average Bonchev–Trinajstić information content (AvgIpc) is 3.36. The summed E-state index contributed by atoms with van der Waals surface area (Å²) < 4.78 is 46.9. The summed E-state index contributed by atoms with van der Waals surface area (Å²) in [6.07, 6.45) is 9.07. The Hall–Kier alpha value is -6.39. The van der Waals surface area contributed by atoms with Crippen LogP contribution in [0.15, 0.2) is 139 Å². The average molecular weight is 948 g/mol. The number of nitro groups is 1. The zero-order valence-corrected chi connectivity index (χ0v) is 38.9. The van der Waals surface area contributed by atoms with E-state index in [4.69, 9.17) is 33.7 Å². The third kappa shape index (κ3) is 12.4. The molecule has 14 nitrogen and oxygen atoms in total. The number of nitrogens with zero attached hydrogens (tertiary/aromatic N) is 3. The highest BCUT2D eigenvalue weighted by molar-refractivity contribution is 6.03. The largest absolute Gasteiger partial charge is 0.490 e. The van der Waals surface area contributed by atoms with Crippen LogP contribution in [0.2, 0.25) is 0 Å². The van der Waals surface area contributed by atoms with Gasteiger partial charge in [0, 0.05) is 49.8 Å². The fourth-order valence-electron chi connectivity index (χ4n) is 9.92. The number of allylic oxidation sites excluding steroid dienone is 1. The number of nitro benzene ring substituents is 1. The standard InChI is InChI=1S/C54H62FN3O11/c1-3-28-65-44-24-25-49-47(33-44)51-45(15-9-11-27-60)41(14-8-10-26-59)32-46-48(56-68-37-40-18-22-43(23-19-40)58(62)63)34-50(54(69-49,52(46)51)67-29-4-2)57(35-38-16-20-42(55)21-17-38)53(61)66-31-30-64-36-39-12-6-5-7-13-39/h3-7,12-13,16-25,32-33,41,45,50-52,59-60H,1-2,8-11,14-15,26-31,34-37H2. The van der Waals surface area contributed by atoms with Crippen LogP contribution in [0.1, 0.15) is 73.1 Å². The molecule has 7 rings (SSSR count). The monoisotopic (exact) mass is 947 g/mol. The zero-order valence-electron chi connectivity index (χ0n) is 38.9. The molecule has 4 aromatic rings. The maximum absolute atomic E-state index is 14.9. The molecule has 6 unspecified atom stereocenters. The third-order valence-electron chi connectivity index (χ3n) is 13.0. The van der Waals surface area contributed by atoms with Gasteiger partial charge in [-0.25, -0.2) is 9.18 Å². The Morgan fingerprint density at radius 3 is 2.30 bits per heavy atom. The van der Waals surface area contributed by atoms with Crippen molar-refractivity contribution in [3.05, 3.63) is 172 Å². The summed E-state index contributed by atoms with van der Waals surface area (Å²) in [6.45, 7) is 8.57. The number of oxime groups is 1. The van der Waals surface area contributed by atoms with Crippen molar-refractivity contribution in [2.24, 2.45) is 22.9 Å². The normalized spacial score (nSPS) is 21.8. The number of hydrogen-bond acceptors (Lipinski definition) is 12. The molecule has 1 fully saturated rings. The summed E-state index contributed by atoms with van der Waals surface area (Å²) in [6, 6.07) is 26.4. The number of benzene rings is 4. The van der Waals surface area contributed by atoms with E-state index in [-0.39, 0.29) is 82.7 Å². The van der Waals surface area contributed by atoms with Crippen molar-refractivity contribution in [2.45, 2.75) is 82.5 Å². The van der Waals surface area contributed by atoms with Crippen LogP contribution in [0.4, 0.5) is 14.9 Å². The van der Waals surface area contributed by atoms with E-state index in [0.717, 1.165) is 42.4 Å². The molecule has 15 heteroatoms. The molecule has 2 aliphatic carbocycles. The van der Waals surface area contributed by atoms with Crippen LogP contribution in [0.5, 0.6) is 11.5 Å². The minimum absolute atomic E-state index is 0.0109. The number of carbonyl (C=O) groups excluding carboxylic acids is 1. The van der Waals surface area contributed by atoms with Crippen molar-refractivity contribution in [2.75, 3.05) is 39.6 Å². The zero-order chi connectivity index (χ0) is 48.6. The fraction of sp³-hybridized carbons (Fsp3) is 0.407. The SMILES string of the molecule is C=CCOc1ccc2c(c1)C1C(CCCCO)C(CCCCO)C=C3C(=NOCc4ccc([N+](=O)[O-])cc4)CC(N(Cc4ccc(F)cc4)C(=O)OCCOCc4ccccc4)C(OCC=C)(O2)C31. The first kappa shape index (κ1) is 50.5. The van der Waals surface area contributed by atoms with Crippen LogP contribution in [0.3, 0.4) is 0 Å². The van der Waals surface area contributed by atoms with E-state index >= 15 is 0 Å². The molecule has 1 amide bonds. The van der Waals surface area contributed by atoms with Crippen LogP contribution >= 0.6 is 0 Å². The van der Waals surface area contributed by atoms with Gasteiger partial charge < -0.3 is 38.7 Å². The van der Waals surface area contributed by atoms with Crippen molar-refractivity contribution in [1.82, 2.24) is 4.90 Å². The van der Waals surface area contributed by atoms with Crippen LogP contribution in [0, 0.1) is 33.7 Å². The molecule has 0 spiro atoms. The van der Waals surface area contributed by atoms with Gasteiger partial charge in [0.25, 0.3) is 5.69 Å². The van der Waals surface area contributed by atoms with Gasteiger partial charge in [0.05, 0.1) is 36.4 Å². The third-order valence-corrected chi connectivity index (χ3v) is 13.0. The molecule has 2 N–H and O–H groups in total. The number of rotatable bonds is 26. The summed E-state index contributed by atoms with van der Waals surface area (Å²) >= 11 is 0. The Kier molecular flexibility index (Phi) is 18.1. The lowest BCUT2D eigenvalue weighted by Crippen LogP contribution is -2.70. The molecule has 69 heavy (non-hydrogen) atoms. The number of carbonyl (C=O) groups is 1. The number of amides is 1. The minimum atomic E-state index is -1.60. The van der Waals surface area contributed by atoms with Gasteiger partial charge in [-0.05, 0) is 102 Å². The van der Waals surface area contributed by atoms with E-state index < -0.39 is 34.6 Å². The predicted molar refractivity (Wildman–Crippen MR) is 258 cm³/mol. The molecule has 4 aromatic carbocycles. The highest BCUT2D eigenvalue weighted by Gasteiger charge is 2.65. The van der Waals surface area contributed by atoms with E-state index in [0.29, 0.717) is 47.8 Å². The van der Waals surface area contributed by atoms with E-state index in [1.54, 1.807) is 41.3 Å². The molecule has 0 aromatic heterocycles. The smallest absolute Gasteiger partial charge is 0.410 e. The van der Waals surface area contributed by atoms with Gasteiger partial charge in [-0.3, -0.25) is 15.0 Å². The number of ether oxygens (including phenoxy) is 5. The van der Waals surface area contributed by atoms with Crippen molar-refractivity contribution < 1.29 is 52.8 Å². The van der Waals surface area contributed by atoms with Crippen LogP contribution in [-0.4, -0.2) is 83.3 Å². The Balaban J connectivity index is 1.38. The molecular weight excluding hydrogens is 886 g/mol. The number of non-ortho nitro benzene ring substituents is 1. The second-order valence-electron chi connectivity index (χ2n) is 17.5. The molecule has 6 atom stereocenters. The predicted octanol–water partition coefficient (Wildman–Crippen LogP) is 9.99. The number of halogens is 1. The van der Waals surface area contributed by atoms with Gasteiger partial charge in [-0.1, -0.05) is 85.3 Å². The molecule has 0 bridgehead atoms.